The fourth-order valence-electron chi connectivity index (χ4n) is 1.89. The first-order chi connectivity index (χ1) is 10.1. The van der Waals surface area contributed by atoms with Crippen molar-refractivity contribution in [2.75, 3.05) is 11.2 Å². The first-order valence-electron chi connectivity index (χ1n) is 6.69. The molecular weight excluding hydrogens is 300 g/mol. The van der Waals surface area contributed by atoms with Gasteiger partial charge in [0.2, 0.25) is 0 Å². The van der Waals surface area contributed by atoms with Gasteiger partial charge in [-0.25, -0.2) is 4.98 Å². The predicted octanol–water partition coefficient (Wildman–Crippen LogP) is 3.95. The zero-order chi connectivity index (χ0) is 15.2. The lowest BCUT2D eigenvalue weighted by Gasteiger charge is -2.05. The highest BCUT2D eigenvalue weighted by Gasteiger charge is 2.20. The van der Waals surface area contributed by atoms with E-state index in [9.17, 15) is 0 Å². The molecule has 0 aliphatic carbocycles. The number of thioether (sulfide) groups is 2. The van der Waals surface area contributed by atoms with E-state index >= 15 is 0 Å². The van der Waals surface area contributed by atoms with Gasteiger partial charge >= 0.3 is 0 Å². The highest BCUT2D eigenvalue weighted by Crippen LogP contribution is 2.36. The summed E-state index contributed by atoms with van der Waals surface area (Å²) >= 11 is 3.44. The third kappa shape index (κ3) is 4.54. The minimum Gasteiger partial charge on any atom is -0.376 e. The van der Waals surface area contributed by atoms with Gasteiger partial charge in [0, 0.05) is 11.9 Å². The SMILES string of the molecule is C=N/C(=C\SCNc1ccc(C)cn1)C1=C(C)NC(C)S1. The number of hydrogen-bond acceptors (Lipinski definition) is 6. The Morgan fingerprint density at radius 3 is 2.95 bits per heavy atom. The van der Waals surface area contributed by atoms with Gasteiger partial charge in [0.15, 0.2) is 0 Å². The molecule has 0 aromatic carbocycles. The van der Waals surface area contributed by atoms with Crippen molar-refractivity contribution in [1.82, 2.24) is 10.3 Å². The first kappa shape index (κ1) is 16.0. The van der Waals surface area contributed by atoms with E-state index in [0.29, 0.717) is 5.37 Å². The van der Waals surface area contributed by atoms with Crippen LogP contribution in [0.15, 0.2) is 45.0 Å². The summed E-state index contributed by atoms with van der Waals surface area (Å²) in [5, 5.41) is 9.09. The molecule has 1 aliphatic heterocycles. The molecule has 6 heteroatoms. The molecule has 0 fully saturated rings. The lowest BCUT2D eigenvalue weighted by atomic mass is 10.3. The topological polar surface area (TPSA) is 49.3 Å². The molecule has 0 spiro atoms. The van der Waals surface area contributed by atoms with Crippen molar-refractivity contribution in [2.45, 2.75) is 26.1 Å². The normalized spacial score (nSPS) is 18.6. The average Bonchev–Trinajstić information content (AvgIpc) is 2.80. The van der Waals surface area contributed by atoms with Crippen LogP contribution < -0.4 is 10.6 Å². The van der Waals surface area contributed by atoms with E-state index in [1.165, 1.54) is 10.6 Å². The molecule has 1 aromatic heterocycles. The smallest absolute Gasteiger partial charge is 0.126 e. The van der Waals surface area contributed by atoms with Crippen LogP contribution in [0.25, 0.3) is 0 Å². The summed E-state index contributed by atoms with van der Waals surface area (Å²) < 4.78 is 0. The summed E-state index contributed by atoms with van der Waals surface area (Å²) in [7, 11) is 0. The number of allylic oxidation sites excluding steroid dienone is 1. The third-order valence-corrected chi connectivity index (χ3v) is 4.82. The number of aryl methyl sites for hydroxylation is 1. The molecule has 0 bridgehead atoms. The van der Waals surface area contributed by atoms with Crippen LogP contribution in [0.4, 0.5) is 5.82 Å². The van der Waals surface area contributed by atoms with Gasteiger partial charge in [-0.1, -0.05) is 17.8 Å². The first-order valence-corrected chi connectivity index (χ1v) is 8.62. The molecule has 2 rings (SSSR count). The van der Waals surface area contributed by atoms with E-state index < -0.39 is 0 Å². The fourth-order valence-corrected chi connectivity index (χ4v) is 3.70. The Morgan fingerprint density at radius 2 is 2.38 bits per heavy atom. The summed E-state index contributed by atoms with van der Waals surface area (Å²) in [6.45, 7) is 9.91. The second kappa shape index (κ2) is 7.56. The molecule has 4 nitrogen and oxygen atoms in total. The van der Waals surface area contributed by atoms with Crippen LogP contribution >= 0.6 is 23.5 Å². The molecule has 1 aromatic rings. The summed E-state index contributed by atoms with van der Waals surface area (Å²) in [4.78, 5) is 9.63. The number of hydrogen-bond donors (Lipinski definition) is 2. The molecule has 0 saturated carbocycles. The predicted molar refractivity (Wildman–Crippen MR) is 95.6 cm³/mol. The van der Waals surface area contributed by atoms with E-state index in [0.717, 1.165) is 23.0 Å². The van der Waals surface area contributed by atoms with E-state index in [4.69, 9.17) is 0 Å². The summed E-state index contributed by atoms with van der Waals surface area (Å²) in [6, 6.07) is 4.03. The highest BCUT2D eigenvalue weighted by molar-refractivity contribution is 8.04. The maximum Gasteiger partial charge on any atom is 0.126 e. The monoisotopic (exact) mass is 320 g/mol. The van der Waals surface area contributed by atoms with Crippen molar-refractivity contribution in [1.29, 1.82) is 0 Å². The molecular formula is C15H20N4S2. The molecule has 0 saturated heterocycles. The Morgan fingerprint density at radius 1 is 1.57 bits per heavy atom. The largest absolute Gasteiger partial charge is 0.376 e. The lowest BCUT2D eigenvalue weighted by Crippen LogP contribution is -2.14. The second-order valence-electron chi connectivity index (χ2n) is 4.73. The molecule has 0 amide bonds. The molecule has 112 valence electrons. The molecule has 1 aliphatic rings. The van der Waals surface area contributed by atoms with E-state index in [1.807, 2.05) is 30.7 Å². The fraction of sp³-hybridized carbons (Fsp3) is 0.333. The molecule has 1 unspecified atom stereocenters. The van der Waals surface area contributed by atoms with Crippen LogP contribution in [0.5, 0.6) is 0 Å². The summed E-state index contributed by atoms with van der Waals surface area (Å²) in [5.41, 5.74) is 3.26. The number of aromatic nitrogens is 1. The Balaban J connectivity index is 1.89. The van der Waals surface area contributed by atoms with Crippen LogP contribution in [0.3, 0.4) is 0 Å². The maximum absolute atomic E-state index is 4.31. The van der Waals surface area contributed by atoms with Gasteiger partial charge < -0.3 is 10.6 Å². The number of anilines is 1. The molecule has 2 N–H and O–H groups in total. The zero-order valence-electron chi connectivity index (χ0n) is 12.5. The van der Waals surface area contributed by atoms with Gasteiger partial charge in [-0.2, -0.15) is 0 Å². The molecule has 21 heavy (non-hydrogen) atoms. The van der Waals surface area contributed by atoms with E-state index in [2.05, 4.69) is 41.2 Å². The van der Waals surface area contributed by atoms with Gasteiger partial charge in [0.1, 0.15) is 5.82 Å². The molecule has 1 atom stereocenters. The lowest BCUT2D eigenvalue weighted by molar-refractivity contribution is 0.819. The van der Waals surface area contributed by atoms with Gasteiger partial charge in [0.05, 0.1) is 21.9 Å². The van der Waals surface area contributed by atoms with E-state index in [-0.39, 0.29) is 0 Å². The Labute approximate surface area is 134 Å². The zero-order valence-corrected chi connectivity index (χ0v) is 14.1. The van der Waals surface area contributed by atoms with Crippen LogP contribution in [0.1, 0.15) is 19.4 Å². The maximum atomic E-state index is 4.31. The van der Waals surface area contributed by atoms with Crippen molar-refractivity contribution < 1.29 is 0 Å². The van der Waals surface area contributed by atoms with Crippen molar-refractivity contribution in [3.05, 3.63) is 45.6 Å². The number of aliphatic imine (C=N–C) groups is 1. The molecule has 2 heterocycles. The number of pyridine rings is 1. The average molecular weight is 320 g/mol. The van der Waals surface area contributed by atoms with Gasteiger partial charge in [-0.15, -0.1) is 11.8 Å². The Bertz CT molecular complexity index is 564. The third-order valence-electron chi connectivity index (χ3n) is 2.90. The van der Waals surface area contributed by atoms with Gasteiger partial charge in [-0.05, 0) is 44.5 Å². The van der Waals surface area contributed by atoms with E-state index in [1.54, 1.807) is 23.5 Å². The highest BCUT2D eigenvalue weighted by atomic mass is 32.2. The van der Waals surface area contributed by atoms with Crippen LogP contribution in [0, 0.1) is 6.92 Å². The Hall–Kier alpha value is -1.40. The standard InChI is InChI=1S/C15H20N4S2/c1-10-5-6-14(17-7-10)18-9-20-8-13(16-4)15-11(2)19-12(3)21-15/h5-8,12,19H,4,9H2,1-3H3,(H,17,18)/b13-8-. The quantitative estimate of drug-likeness (QED) is 0.472. The van der Waals surface area contributed by atoms with Crippen LogP contribution in [-0.4, -0.2) is 23.0 Å². The Kier molecular flexibility index (Phi) is 5.76. The second-order valence-corrected chi connectivity index (χ2v) is 6.94. The van der Waals surface area contributed by atoms with Crippen LogP contribution in [-0.2, 0) is 0 Å². The number of nitrogens with one attached hydrogen (secondary N) is 2. The number of nitrogens with zero attached hydrogens (tertiary/aromatic N) is 2. The number of rotatable bonds is 6. The van der Waals surface area contributed by atoms with Gasteiger partial charge in [-0.3, -0.25) is 4.99 Å². The van der Waals surface area contributed by atoms with Crippen molar-refractivity contribution in [2.24, 2.45) is 4.99 Å². The minimum atomic E-state index is 0.394. The minimum absolute atomic E-state index is 0.394. The summed E-state index contributed by atoms with van der Waals surface area (Å²) in [5.74, 6) is 1.63. The van der Waals surface area contributed by atoms with Crippen molar-refractivity contribution >= 4 is 36.1 Å². The molecule has 0 radical (unpaired) electrons. The van der Waals surface area contributed by atoms with Crippen molar-refractivity contribution in [3.63, 3.8) is 0 Å². The van der Waals surface area contributed by atoms with Crippen molar-refractivity contribution in [3.8, 4) is 0 Å². The summed E-state index contributed by atoms with van der Waals surface area (Å²) in [6.07, 6.45) is 1.86. The van der Waals surface area contributed by atoms with Gasteiger partial charge in [0.25, 0.3) is 0 Å². The van der Waals surface area contributed by atoms with Crippen LogP contribution in [0.2, 0.25) is 0 Å².